The van der Waals surface area contributed by atoms with E-state index in [1.165, 1.54) is 30.4 Å². The van der Waals surface area contributed by atoms with Crippen molar-refractivity contribution in [2.75, 3.05) is 13.1 Å². The fourth-order valence-corrected chi connectivity index (χ4v) is 5.90. The van der Waals surface area contributed by atoms with Crippen LogP contribution in [0, 0.1) is 12.8 Å². The summed E-state index contributed by atoms with van der Waals surface area (Å²) >= 11 is 6.42. The molecule has 3 heteroatoms. The molecule has 1 saturated carbocycles. The van der Waals surface area contributed by atoms with Crippen LogP contribution >= 0.6 is 11.6 Å². The first kappa shape index (κ1) is 20.9. The second-order valence-corrected chi connectivity index (χ2v) is 9.50. The Morgan fingerprint density at radius 3 is 2.52 bits per heavy atom. The monoisotopic (exact) mass is 411 g/mol. The van der Waals surface area contributed by atoms with Crippen LogP contribution in [0.5, 0.6) is 0 Å². The lowest BCUT2D eigenvalue weighted by molar-refractivity contribution is -0.0862. The van der Waals surface area contributed by atoms with E-state index in [-0.39, 0.29) is 5.92 Å². The Balaban J connectivity index is 1.64. The molecular formula is C26H34ClNO. The molecule has 2 aromatic carbocycles. The average molecular weight is 412 g/mol. The number of benzene rings is 2. The first-order valence-electron chi connectivity index (χ1n) is 11.3. The number of likely N-dealkylation sites (tertiary alicyclic amines) is 1. The van der Waals surface area contributed by atoms with Crippen LogP contribution in [0.15, 0.2) is 48.5 Å². The summed E-state index contributed by atoms with van der Waals surface area (Å²) in [5.41, 5.74) is 3.29. The molecule has 2 nitrogen and oxygen atoms in total. The van der Waals surface area contributed by atoms with E-state index >= 15 is 0 Å². The highest BCUT2D eigenvalue weighted by Gasteiger charge is 2.45. The summed E-state index contributed by atoms with van der Waals surface area (Å²) in [6, 6.07) is 17.2. The molecule has 2 aromatic rings. The molecule has 0 amide bonds. The highest BCUT2D eigenvalue weighted by atomic mass is 35.5. The van der Waals surface area contributed by atoms with Crippen molar-refractivity contribution in [3.05, 3.63) is 70.2 Å². The van der Waals surface area contributed by atoms with Crippen molar-refractivity contribution in [3.63, 3.8) is 0 Å². The number of aryl methyl sites for hydroxylation is 2. The maximum atomic E-state index is 12.0. The quantitative estimate of drug-likeness (QED) is 0.599. The van der Waals surface area contributed by atoms with Gasteiger partial charge in [-0.15, -0.1) is 0 Å². The standard InChI is InChI=1S/C26H34ClNO/c1-20-10-2-4-12-22(20)25(28-18-8-9-19-28)23-13-6-7-16-26(23,29)17-15-21-11-3-5-14-24(21)27/h2-5,10-12,14,23,25,29H,6-9,13,15-19H2,1H3. The minimum absolute atomic E-state index is 0.276. The lowest BCUT2D eigenvalue weighted by Crippen LogP contribution is -2.48. The number of hydrogen-bond acceptors (Lipinski definition) is 2. The topological polar surface area (TPSA) is 23.5 Å². The van der Waals surface area contributed by atoms with Crippen LogP contribution in [0.4, 0.5) is 0 Å². The minimum Gasteiger partial charge on any atom is -0.390 e. The lowest BCUT2D eigenvalue weighted by Gasteiger charge is -2.47. The van der Waals surface area contributed by atoms with E-state index in [1.54, 1.807) is 0 Å². The van der Waals surface area contributed by atoms with Crippen molar-refractivity contribution >= 4 is 11.6 Å². The molecule has 0 spiro atoms. The molecule has 156 valence electrons. The van der Waals surface area contributed by atoms with Crippen LogP contribution in [0.25, 0.3) is 0 Å². The third kappa shape index (κ3) is 4.55. The molecule has 0 bridgehead atoms. The fourth-order valence-electron chi connectivity index (χ4n) is 5.67. The van der Waals surface area contributed by atoms with Gasteiger partial charge in [0.1, 0.15) is 0 Å². The predicted octanol–water partition coefficient (Wildman–Crippen LogP) is 6.34. The van der Waals surface area contributed by atoms with Gasteiger partial charge in [0.2, 0.25) is 0 Å². The van der Waals surface area contributed by atoms with Gasteiger partial charge in [0.15, 0.2) is 0 Å². The Hall–Kier alpha value is -1.35. The Labute approximate surface area is 180 Å². The van der Waals surface area contributed by atoms with E-state index in [9.17, 15) is 5.11 Å². The van der Waals surface area contributed by atoms with Gasteiger partial charge in [0.25, 0.3) is 0 Å². The summed E-state index contributed by atoms with van der Waals surface area (Å²) in [6.07, 6.45) is 8.52. The summed E-state index contributed by atoms with van der Waals surface area (Å²) < 4.78 is 0. The Morgan fingerprint density at radius 1 is 1.03 bits per heavy atom. The van der Waals surface area contributed by atoms with Crippen molar-refractivity contribution in [1.29, 1.82) is 0 Å². The summed E-state index contributed by atoms with van der Waals surface area (Å²) in [5, 5.41) is 12.8. The van der Waals surface area contributed by atoms with Gasteiger partial charge in [-0.1, -0.05) is 66.9 Å². The van der Waals surface area contributed by atoms with E-state index in [0.29, 0.717) is 6.04 Å². The third-order valence-electron chi connectivity index (χ3n) is 7.27. The smallest absolute Gasteiger partial charge is 0.0697 e. The summed E-state index contributed by atoms with van der Waals surface area (Å²) in [5.74, 6) is 0.276. The molecule has 29 heavy (non-hydrogen) atoms. The summed E-state index contributed by atoms with van der Waals surface area (Å²) in [6.45, 7) is 4.52. The van der Waals surface area contributed by atoms with E-state index in [1.807, 2.05) is 18.2 Å². The first-order valence-corrected chi connectivity index (χ1v) is 11.7. The van der Waals surface area contributed by atoms with Crippen LogP contribution in [-0.4, -0.2) is 28.7 Å². The highest BCUT2D eigenvalue weighted by molar-refractivity contribution is 6.31. The van der Waals surface area contributed by atoms with Crippen molar-refractivity contribution < 1.29 is 5.11 Å². The molecule has 1 aliphatic carbocycles. The van der Waals surface area contributed by atoms with Gasteiger partial charge in [-0.2, -0.15) is 0 Å². The second kappa shape index (κ2) is 9.20. The summed E-state index contributed by atoms with van der Waals surface area (Å²) in [4.78, 5) is 2.65. The number of aliphatic hydroxyl groups is 1. The predicted molar refractivity (Wildman–Crippen MR) is 121 cm³/mol. The first-order chi connectivity index (χ1) is 14.1. The maximum Gasteiger partial charge on any atom is 0.0697 e. The zero-order chi connectivity index (χ0) is 20.3. The number of rotatable bonds is 6. The maximum absolute atomic E-state index is 12.0. The number of halogens is 1. The average Bonchev–Trinajstić information content (AvgIpc) is 3.25. The Morgan fingerprint density at radius 2 is 1.76 bits per heavy atom. The molecule has 1 heterocycles. The zero-order valence-electron chi connectivity index (χ0n) is 17.6. The number of hydrogen-bond donors (Lipinski definition) is 1. The van der Waals surface area contributed by atoms with E-state index in [2.05, 4.69) is 42.2 Å². The van der Waals surface area contributed by atoms with Gasteiger partial charge >= 0.3 is 0 Å². The Kier molecular flexibility index (Phi) is 6.63. The van der Waals surface area contributed by atoms with Gasteiger partial charge < -0.3 is 5.11 Å². The zero-order valence-corrected chi connectivity index (χ0v) is 18.4. The molecule has 1 N–H and O–H groups in total. The normalized spacial score (nSPS) is 26.5. The molecule has 3 unspecified atom stereocenters. The van der Waals surface area contributed by atoms with E-state index in [0.717, 1.165) is 55.8 Å². The van der Waals surface area contributed by atoms with E-state index in [4.69, 9.17) is 11.6 Å². The summed E-state index contributed by atoms with van der Waals surface area (Å²) in [7, 11) is 0. The lowest BCUT2D eigenvalue weighted by atomic mass is 9.67. The highest BCUT2D eigenvalue weighted by Crippen LogP contribution is 2.47. The van der Waals surface area contributed by atoms with Crippen LogP contribution < -0.4 is 0 Å². The molecule has 4 rings (SSSR count). The van der Waals surface area contributed by atoms with Crippen molar-refractivity contribution in [3.8, 4) is 0 Å². The fraction of sp³-hybridized carbons (Fsp3) is 0.538. The van der Waals surface area contributed by atoms with Crippen LogP contribution in [0.3, 0.4) is 0 Å². The number of nitrogens with zero attached hydrogens (tertiary/aromatic N) is 1. The second-order valence-electron chi connectivity index (χ2n) is 9.09. The van der Waals surface area contributed by atoms with Crippen molar-refractivity contribution in [1.82, 2.24) is 4.90 Å². The molecule has 1 aliphatic heterocycles. The SMILES string of the molecule is Cc1ccccc1C(C1CCCCC1(O)CCc1ccccc1Cl)N1CCCC1. The minimum atomic E-state index is -0.632. The molecule has 0 aromatic heterocycles. The van der Waals surface area contributed by atoms with Crippen LogP contribution in [0.1, 0.15) is 67.7 Å². The van der Waals surface area contributed by atoms with Crippen LogP contribution in [0.2, 0.25) is 5.02 Å². The van der Waals surface area contributed by atoms with Crippen molar-refractivity contribution in [2.24, 2.45) is 5.92 Å². The molecule has 1 saturated heterocycles. The van der Waals surface area contributed by atoms with E-state index < -0.39 is 5.60 Å². The molecule has 2 fully saturated rings. The van der Waals surface area contributed by atoms with Gasteiger partial charge in [-0.3, -0.25) is 4.90 Å². The molecular weight excluding hydrogens is 378 g/mol. The van der Waals surface area contributed by atoms with Gasteiger partial charge in [-0.25, -0.2) is 0 Å². The van der Waals surface area contributed by atoms with Gasteiger partial charge in [-0.05, 0) is 81.3 Å². The Bertz CT molecular complexity index is 816. The molecule has 3 atom stereocenters. The van der Waals surface area contributed by atoms with Gasteiger partial charge in [0, 0.05) is 17.0 Å². The largest absolute Gasteiger partial charge is 0.390 e. The molecule has 2 aliphatic rings. The van der Waals surface area contributed by atoms with Crippen LogP contribution in [-0.2, 0) is 6.42 Å². The van der Waals surface area contributed by atoms with Gasteiger partial charge in [0.05, 0.1) is 5.60 Å². The third-order valence-corrected chi connectivity index (χ3v) is 7.64. The van der Waals surface area contributed by atoms with Crippen molar-refractivity contribution in [2.45, 2.75) is 69.9 Å². The molecule has 0 radical (unpaired) electrons.